The first-order valence-corrected chi connectivity index (χ1v) is 19.2. The molecule has 4 N–H and O–H groups in total. The Balaban J connectivity index is 1.04. The van der Waals surface area contributed by atoms with E-state index in [4.69, 9.17) is 19.4 Å². The number of imidazole rings is 2. The van der Waals surface area contributed by atoms with Crippen LogP contribution in [-0.2, 0) is 19.1 Å². The van der Waals surface area contributed by atoms with Crippen LogP contribution in [0.4, 0.5) is 9.59 Å². The smallest absolute Gasteiger partial charge is 0.407 e. The summed E-state index contributed by atoms with van der Waals surface area (Å²) in [6, 6.07) is 6.96. The summed E-state index contributed by atoms with van der Waals surface area (Å²) in [6.45, 7) is 8.78. The zero-order valence-corrected chi connectivity index (χ0v) is 31.8. The molecule has 0 radical (unpaired) electrons. The van der Waals surface area contributed by atoms with Crippen molar-refractivity contribution in [2.45, 2.75) is 108 Å². The summed E-state index contributed by atoms with van der Waals surface area (Å²) in [7, 11) is 2.58. The highest BCUT2D eigenvalue weighted by molar-refractivity contribution is 5.87. The maximum Gasteiger partial charge on any atom is 0.407 e. The third kappa shape index (κ3) is 8.47. The minimum atomic E-state index is -0.728. The quantitative estimate of drug-likeness (QED) is 0.158. The number of amides is 4. The maximum absolute atomic E-state index is 13.5. The molecule has 4 amide bonds. The molecule has 14 heteroatoms. The standard InChI is InChI=1S/C40H54N8O6/c1-6-9-29(45-39(51)53-4)37(49)47-20-7-10-32(47)35-41-22-30(43-35)27-16-12-25(13-17-27)26-14-18-28(19-15-26)31-23-42-36(44-31)33-11-8-21-48(33)38(50)34(24(2)3)46-40(52)54-5/h6,14-15,18-19,22-25,27,29,32-34H,1,7-13,16-17,20-21H2,2-5H3,(H,41,43)(H,42,44)(H,45,51)(H,46,52)/t25-,27-,29-,32-,33-,34-/m0/s1. The summed E-state index contributed by atoms with van der Waals surface area (Å²) in [5.41, 5.74) is 4.38. The molecule has 290 valence electrons. The van der Waals surface area contributed by atoms with Crippen molar-refractivity contribution in [3.63, 3.8) is 0 Å². The van der Waals surface area contributed by atoms with Crippen molar-refractivity contribution in [3.05, 3.63) is 72.2 Å². The minimum Gasteiger partial charge on any atom is -0.453 e. The molecular weight excluding hydrogens is 688 g/mol. The van der Waals surface area contributed by atoms with E-state index in [0.717, 1.165) is 80.0 Å². The number of likely N-dealkylation sites (tertiary alicyclic amines) is 2. The van der Waals surface area contributed by atoms with Crippen LogP contribution in [0.2, 0.25) is 0 Å². The molecular formula is C40H54N8O6. The number of ether oxygens (including phenoxy) is 2. The molecule has 1 aromatic carbocycles. The van der Waals surface area contributed by atoms with Crippen LogP contribution in [0.5, 0.6) is 0 Å². The zero-order valence-electron chi connectivity index (χ0n) is 31.8. The third-order valence-corrected chi connectivity index (χ3v) is 11.3. The number of benzene rings is 1. The van der Waals surface area contributed by atoms with Crippen LogP contribution in [0, 0.1) is 5.92 Å². The molecule has 3 aliphatic rings. The van der Waals surface area contributed by atoms with Gasteiger partial charge in [0.15, 0.2) is 0 Å². The third-order valence-electron chi connectivity index (χ3n) is 11.3. The number of hydrogen-bond acceptors (Lipinski definition) is 8. The number of aromatic nitrogens is 4. The number of nitrogens with zero attached hydrogens (tertiary/aromatic N) is 4. The second kappa shape index (κ2) is 17.3. The fourth-order valence-electron chi connectivity index (χ4n) is 8.35. The molecule has 0 unspecified atom stereocenters. The van der Waals surface area contributed by atoms with Gasteiger partial charge in [-0.15, -0.1) is 6.58 Å². The molecule has 0 bridgehead atoms. The second-order valence-electron chi connectivity index (χ2n) is 15.0. The molecule has 2 aliphatic heterocycles. The van der Waals surface area contributed by atoms with Crippen LogP contribution in [0.3, 0.4) is 0 Å². The van der Waals surface area contributed by atoms with Crippen LogP contribution >= 0.6 is 0 Å². The molecule has 1 aliphatic carbocycles. The van der Waals surface area contributed by atoms with Gasteiger partial charge in [-0.05, 0) is 80.8 Å². The second-order valence-corrected chi connectivity index (χ2v) is 15.0. The number of nitrogens with one attached hydrogen (secondary N) is 4. The largest absolute Gasteiger partial charge is 0.453 e. The van der Waals surface area contributed by atoms with Crippen LogP contribution in [0.25, 0.3) is 11.3 Å². The first-order chi connectivity index (χ1) is 26.1. The number of carbonyl (C=O) groups is 4. The van der Waals surface area contributed by atoms with Crippen molar-refractivity contribution in [2.75, 3.05) is 27.3 Å². The van der Waals surface area contributed by atoms with E-state index in [1.54, 1.807) is 6.08 Å². The molecule has 14 nitrogen and oxygen atoms in total. The zero-order chi connectivity index (χ0) is 38.4. The predicted molar refractivity (Wildman–Crippen MR) is 202 cm³/mol. The Labute approximate surface area is 316 Å². The summed E-state index contributed by atoms with van der Waals surface area (Å²) < 4.78 is 9.49. The van der Waals surface area contributed by atoms with Crippen LogP contribution in [0.15, 0.2) is 49.3 Å². The number of aromatic amines is 2. The van der Waals surface area contributed by atoms with E-state index in [1.807, 2.05) is 36.0 Å². The van der Waals surface area contributed by atoms with Crippen molar-refractivity contribution in [2.24, 2.45) is 5.92 Å². The highest BCUT2D eigenvalue weighted by atomic mass is 16.5. The summed E-state index contributed by atoms with van der Waals surface area (Å²) in [5.74, 6) is 2.02. The van der Waals surface area contributed by atoms with Gasteiger partial charge in [-0.25, -0.2) is 19.6 Å². The first kappa shape index (κ1) is 38.6. The Hall–Kier alpha value is -5.14. The van der Waals surface area contributed by atoms with Crippen LogP contribution in [-0.4, -0.2) is 93.1 Å². The Morgan fingerprint density at radius 3 is 2.00 bits per heavy atom. The van der Waals surface area contributed by atoms with Gasteiger partial charge in [0.25, 0.3) is 0 Å². The molecule has 3 fully saturated rings. The lowest BCUT2D eigenvalue weighted by molar-refractivity contribution is -0.135. The molecule has 1 saturated carbocycles. The first-order valence-electron chi connectivity index (χ1n) is 19.2. The van der Waals surface area contributed by atoms with Crippen LogP contribution in [0.1, 0.15) is 118 Å². The van der Waals surface area contributed by atoms with Gasteiger partial charge < -0.3 is 39.9 Å². The lowest BCUT2D eigenvalue weighted by atomic mass is 9.77. The maximum atomic E-state index is 13.5. The van der Waals surface area contributed by atoms with E-state index in [9.17, 15) is 19.2 Å². The van der Waals surface area contributed by atoms with Gasteiger partial charge >= 0.3 is 12.2 Å². The van der Waals surface area contributed by atoms with Crippen molar-refractivity contribution in [3.8, 4) is 11.3 Å². The normalized spacial score (nSPS) is 22.5. The Morgan fingerprint density at radius 2 is 1.39 bits per heavy atom. The highest BCUT2D eigenvalue weighted by Gasteiger charge is 2.38. The molecule has 4 atom stereocenters. The Kier molecular flexibility index (Phi) is 12.4. The Bertz CT molecular complexity index is 1780. The van der Waals surface area contributed by atoms with E-state index < -0.39 is 24.3 Å². The summed E-state index contributed by atoms with van der Waals surface area (Å²) in [4.78, 5) is 70.9. The molecule has 2 saturated heterocycles. The molecule has 6 rings (SSSR count). The molecule has 2 aromatic heterocycles. The van der Waals surface area contributed by atoms with E-state index in [1.165, 1.54) is 19.8 Å². The van der Waals surface area contributed by atoms with Crippen molar-refractivity contribution in [1.29, 1.82) is 0 Å². The van der Waals surface area contributed by atoms with Crippen molar-refractivity contribution in [1.82, 2.24) is 40.4 Å². The fourth-order valence-corrected chi connectivity index (χ4v) is 8.35. The van der Waals surface area contributed by atoms with Gasteiger partial charge in [0.2, 0.25) is 11.8 Å². The topological polar surface area (TPSA) is 175 Å². The number of methoxy groups -OCH3 is 2. The number of rotatable bonds is 12. The summed E-state index contributed by atoms with van der Waals surface area (Å²) in [5, 5.41) is 5.35. The summed E-state index contributed by atoms with van der Waals surface area (Å²) in [6.07, 6.45) is 12.0. The molecule has 0 spiro atoms. The predicted octanol–water partition coefficient (Wildman–Crippen LogP) is 6.25. The van der Waals surface area contributed by atoms with Gasteiger partial charge in [0.1, 0.15) is 23.7 Å². The average Bonchev–Trinajstić information content (AvgIpc) is 4.03. The van der Waals surface area contributed by atoms with Gasteiger partial charge in [-0.2, -0.15) is 0 Å². The van der Waals surface area contributed by atoms with Crippen LogP contribution < -0.4 is 10.6 Å². The van der Waals surface area contributed by atoms with Crippen molar-refractivity contribution < 1.29 is 28.7 Å². The molecule has 4 heterocycles. The van der Waals surface area contributed by atoms with E-state index in [-0.39, 0.29) is 29.8 Å². The average molecular weight is 743 g/mol. The van der Waals surface area contributed by atoms with E-state index >= 15 is 0 Å². The SMILES string of the molecule is C=CC[C@H](NC(=O)OC)C(=O)N1CCC[C@H]1c1ncc([C@H]2CC[C@H](c3ccc(-c4cnc([C@@H]5CCCN5C(=O)[C@@H](NC(=O)OC)C(C)C)[nH]4)cc3)CC2)[nH]1. The summed E-state index contributed by atoms with van der Waals surface area (Å²) >= 11 is 0. The van der Waals surface area contributed by atoms with Gasteiger partial charge in [-0.1, -0.05) is 44.2 Å². The number of H-pyrrole nitrogens is 2. The molecule has 3 aromatic rings. The van der Waals surface area contributed by atoms with Gasteiger partial charge in [-0.3, -0.25) is 9.59 Å². The van der Waals surface area contributed by atoms with Gasteiger partial charge in [0.05, 0.1) is 38.2 Å². The highest BCUT2D eigenvalue weighted by Crippen LogP contribution is 2.41. The number of hydrogen-bond donors (Lipinski definition) is 4. The number of carbonyl (C=O) groups excluding carboxylic acids is 4. The fraction of sp³-hybridized carbons (Fsp3) is 0.550. The van der Waals surface area contributed by atoms with E-state index in [2.05, 4.69) is 51.4 Å². The van der Waals surface area contributed by atoms with Gasteiger partial charge in [0, 0.05) is 30.9 Å². The number of alkyl carbamates (subject to hydrolysis) is 2. The lowest BCUT2D eigenvalue weighted by Crippen LogP contribution is -2.51. The van der Waals surface area contributed by atoms with Crippen molar-refractivity contribution >= 4 is 24.0 Å². The Morgan fingerprint density at radius 1 is 0.815 bits per heavy atom. The van der Waals surface area contributed by atoms with E-state index in [0.29, 0.717) is 31.3 Å². The molecule has 54 heavy (non-hydrogen) atoms. The minimum absolute atomic E-state index is 0.0930. The monoisotopic (exact) mass is 742 g/mol. The lowest BCUT2D eigenvalue weighted by Gasteiger charge is -2.30.